The Hall–Kier alpha value is -2.87. The molecule has 1 aliphatic heterocycles. The van der Waals surface area contributed by atoms with E-state index < -0.39 is 0 Å². The number of hydrogen-bond acceptors (Lipinski definition) is 5. The molecule has 2 heterocycles. The van der Waals surface area contributed by atoms with E-state index in [-0.39, 0.29) is 18.4 Å². The van der Waals surface area contributed by atoms with E-state index in [1.165, 1.54) is 0 Å². The molecule has 2 amide bonds. The fourth-order valence-electron chi connectivity index (χ4n) is 2.77. The zero-order chi connectivity index (χ0) is 19.1. The normalized spacial score (nSPS) is 14.0. The SMILES string of the molecule is Cn1cc(CCC(=O)Nc2ccc(OCC(=O)N3CCOCC3)cc2)cn1. The first-order valence-corrected chi connectivity index (χ1v) is 8.96. The number of aryl methyl sites for hydroxylation is 2. The summed E-state index contributed by atoms with van der Waals surface area (Å²) in [6, 6.07) is 7.00. The number of aromatic nitrogens is 2. The van der Waals surface area contributed by atoms with Crippen molar-refractivity contribution in [3.05, 3.63) is 42.2 Å². The number of carbonyl (C=O) groups excluding carboxylic acids is 2. The zero-order valence-electron chi connectivity index (χ0n) is 15.4. The maximum absolute atomic E-state index is 12.1. The summed E-state index contributed by atoms with van der Waals surface area (Å²) < 4.78 is 12.5. The first kappa shape index (κ1) is 18.9. The third-order valence-electron chi connectivity index (χ3n) is 4.26. The molecule has 1 N–H and O–H groups in total. The molecule has 0 aliphatic carbocycles. The molecule has 27 heavy (non-hydrogen) atoms. The number of nitrogens with zero attached hydrogens (tertiary/aromatic N) is 3. The number of ether oxygens (including phenoxy) is 2. The van der Waals surface area contributed by atoms with E-state index in [0.717, 1.165) is 5.56 Å². The second-order valence-electron chi connectivity index (χ2n) is 6.38. The molecular weight excluding hydrogens is 348 g/mol. The van der Waals surface area contributed by atoms with Crippen LogP contribution in [-0.2, 0) is 27.8 Å². The summed E-state index contributed by atoms with van der Waals surface area (Å²) in [6.45, 7) is 2.34. The van der Waals surface area contributed by atoms with Crippen molar-refractivity contribution < 1.29 is 19.1 Å². The van der Waals surface area contributed by atoms with Crippen LogP contribution in [0.4, 0.5) is 5.69 Å². The van der Waals surface area contributed by atoms with Gasteiger partial charge in [-0.15, -0.1) is 0 Å². The molecule has 1 aromatic carbocycles. The van der Waals surface area contributed by atoms with Gasteiger partial charge in [0.15, 0.2) is 6.61 Å². The van der Waals surface area contributed by atoms with Gasteiger partial charge in [0.25, 0.3) is 5.91 Å². The average molecular weight is 372 g/mol. The molecule has 8 heteroatoms. The number of anilines is 1. The fourth-order valence-corrected chi connectivity index (χ4v) is 2.77. The van der Waals surface area contributed by atoms with Crippen molar-refractivity contribution in [2.24, 2.45) is 7.05 Å². The van der Waals surface area contributed by atoms with Crippen LogP contribution in [0.2, 0.25) is 0 Å². The van der Waals surface area contributed by atoms with Crippen molar-refractivity contribution in [2.45, 2.75) is 12.8 Å². The van der Waals surface area contributed by atoms with Crippen LogP contribution >= 0.6 is 0 Å². The lowest BCUT2D eigenvalue weighted by Crippen LogP contribution is -2.42. The summed E-state index contributed by atoms with van der Waals surface area (Å²) in [5.74, 6) is 0.478. The molecule has 144 valence electrons. The molecule has 0 unspecified atom stereocenters. The Balaban J connectivity index is 1.41. The predicted molar refractivity (Wildman–Crippen MR) is 99.5 cm³/mol. The number of rotatable bonds is 7. The third kappa shape index (κ3) is 5.82. The molecule has 2 aromatic rings. The summed E-state index contributed by atoms with van der Waals surface area (Å²) in [5.41, 5.74) is 1.72. The first-order valence-electron chi connectivity index (χ1n) is 8.96. The summed E-state index contributed by atoms with van der Waals surface area (Å²) in [5, 5.41) is 6.94. The molecule has 8 nitrogen and oxygen atoms in total. The van der Waals surface area contributed by atoms with Gasteiger partial charge >= 0.3 is 0 Å². The smallest absolute Gasteiger partial charge is 0.260 e. The van der Waals surface area contributed by atoms with E-state index in [4.69, 9.17) is 9.47 Å². The van der Waals surface area contributed by atoms with E-state index in [2.05, 4.69) is 10.4 Å². The van der Waals surface area contributed by atoms with Crippen LogP contribution in [0.15, 0.2) is 36.7 Å². The molecule has 1 aliphatic rings. The van der Waals surface area contributed by atoms with E-state index in [1.807, 2.05) is 13.2 Å². The highest BCUT2D eigenvalue weighted by atomic mass is 16.5. The molecule has 0 radical (unpaired) electrons. The molecule has 1 fully saturated rings. The Labute approximate surface area is 158 Å². The van der Waals surface area contributed by atoms with Gasteiger partial charge in [-0.1, -0.05) is 0 Å². The minimum atomic E-state index is -0.0602. The molecule has 0 atom stereocenters. The van der Waals surface area contributed by atoms with Gasteiger partial charge in [0.2, 0.25) is 5.91 Å². The summed E-state index contributed by atoms with van der Waals surface area (Å²) in [6.07, 6.45) is 4.69. The summed E-state index contributed by atoms with van der Waals surface area (Å²) >= 11 is 0. The molecule has 1 saturated heterocycles. The molecule has 3 rings (SSSR count). The van der Waals surface area contributed by atoms with Gasteiger partial charge in [0.1, 0.15) is 5.75 Å². The van der Waals surface area contributed by atoms with E-state index in [0.29, 0.717) is 50.6 Å². The van der Waals surface area contributed by atoms with Gasteiger partial charge in [0, 0.05) is 38.4 Å². The van der Waals surface area contributed by atoms with E-state index in [1.54, 1.807) is 40.0 Å². The number of nitrogens with one attached hydrogen (secondary N) is 1. The van der Waals surface area contributed by atoms with Gasteiger partial charge in [-0.3, -0.25) is 14.3 Å². The number of benzene rings is 1. The van der Waals surface area contributed by atoms with Crippen LogP contribution in [0.5, 0.6) is 5.75 Å². The van der Waals surface area contributed by atoms with Crippen molar-refractivity contribution in [1.82, 2.24) is 14.7 Å². The van der Waals surface area contributed by atoms with E-state index in [9.17, 15) is 9.59 Å². The summed E-state index contributed by atoms with van der Waals surface area (Å²) in [4.78, 5) is 25.8. The van der Waals surface area contributed by atoms with Crippen molar-refractivity contribution in [3.8, 4) is 5.75 Å². The van der Waals surface area contributed by atoms with Gasteiger partial charge in [0.05, 0.1) is 19.4 Å². The number of amides is 2. The second kappa shape index (κ2) is 9.18. The van der Waals surface area contributed by atoms with Crippen molar-refractivity contribution in [3.63, 3.8) is 0 Å². The highest BCUT2D eigenvalue weighted by Gasteiger charge is 2.17. The van der Waals surface area contributed by atoms with Gasteiger partial charge < -0.3 is 19.7 Å². The largest absolute Gasteiger partial charge is 0.484 e. The Morgan fingerprint density at radius 1 is 1.22 bits per heavy atom. The third-order valence-corrected chi connectivity index (χ3v) is 4.26. The van der Waals surface area contributed by atoms with Crippen LogP contribution in [0, 0.1) is 0 Å². The molecule has 0 bridgehead atoms. The Bertz CT molecular complexity index is 766. The number of carbonyl (C=O) groups is 2. The van der Waals surface area contributed by atoms with Crippen molar-refractivity contribution >= 4 is 17.5 Å². The molecular formula is C19H24N4O4. The van der Waals surface area contributed by atoms with Crippen LogP contribution < -0.4 is 10.1 Å². The number of hydrogen-bond donors (Lipinski definition) is 1. The van der Waals surface area contributed by atoms with Gasteiger partial charge in [-0.25, -0.2) is 0 Å². The Morgan fingerprint density at radius 3 is 2.63 bits per heavy atom. The van der Waals surface area contributed by atoms with Crippen molar-refractivity contribution in [2.75, 3.05) is 38.2 Å². The van der Waals surface area contributed by atoms with Crippen LogP contribution in [0.25, 0.3) is 0 Å². The summed E-state index contributed by atoms with van der Waals surface area (Å²) in [7, 11) is 1.85. The predicted octanol–water partition coefficient (Wildman–Crippen LogP) is 1.23. The zero-order valence-corrected chi connectivity index (χ0v) is 15.4. The van der Waals surface area contributed by atoms with Gasteiger partial charge in [-0.05, 0) is 36.2 Å². The minimum Gasteiger partial charge on any atom is -0.484 e. The quantitative estimate of drug-likeness (QED) is 0.790. The molecule has 0 spiro atoms. The lowest BCUT2D eigenvalue weighted by molar-refractivity contribution is -0.137. The van der Waals surface area contributed by atoms with Crippen molar-refractivity contribution in [1.29, 1.82) is 0 Å². The maximum Gasteiger partial charge on any atom is 0.260 e. The Morgan fingerprint density at radius 2 is 1.96 bits per heavy atom. The minimum absolute atomic E-state index is 0.00316. The van der Waals surface area contributed by atoms with Crippen LogP contribution in [-0.4, -0.2) is 59.4 Å². The molecule has 1 aromatic heterocycles. The van der Waals surface area contributed by atoms with Crippen LogP contribution in [0.3, 0.4) is 0 Å². The lowest BCUT2D eigenvalue weighted by atomic mass is 10.2. The maximum atomic E-state index is 12.1. The van der Waals surface area contributed by atoms with E-state index >= 15 is 0 Å². The second-order valence-corrected chi connectivity index (χ2v) is 6.38. The fraction of sp³-hybridized carbons (Fsp3) is 0.421. The number of morpholine rings is 1. The highest BCUT2D eigenvalue weighted by molar-refractivity contribution is 5.90. The Kier molecular flexibility index (Phi) is 6.43. The first-order chi connectivity index (χ1) is 13.1. The van der Waals surface area contributed by atoms with Crippen LogP contribution in [0.1, 0.15) is 12.0 Å². The lowest BCUT2D eigenvalue weighted by Gasteiger charge is -2.26. The van der Waals surface area contributed by atoms with Gasteiger partial charge in [-0.2, -0.15) is 5.10 Å². The highest BCUT2D eigenvalue weighted by Crippen LogP contribution is 2.16. The monoisotopic (exact) mass is 372 g/mol. The standard InChI is InChI=1S/C19H24N4O4/c1-22-13-15(12-20-22)2-7-18(24)21-16-3-5-17(6-4-16)27-14-19(25)23-8-10-26-11-9-23/h3-6,12-13H,2,7-11,14H2,1H3,(H,21,24). The topological polar surface area (TPSA) is 85.7 Å². The average Bonchev–Trinajstić information content (AvgIpc) is 3.11. The molecule has 0 saturated carbocycles.